The molecule has 2 heterocycles. The number of nitrogens with zero attached hydrogens (tertiary/aromatic N) is 4. The highest BCUT2D eigenvalue weighted by Crippen LogP contribution is 2.46. The van der Waals surface area contributed by atoms with E-state index in [2.05, 4.69) is 21.3 Å². The number of aromatic nitrogens is 3. The monoisotopic (exact) mass is 359 g/mol. The Bertz CT molecular complexity index is 803. The van der Waals surface area contributed by atoms with Crippen LogP contribution in [0.2, 0.25) is 0 Å². The van der Waals surface area contributed by atoms with E-state index < -0.39 is 11.6 Å². The van der Waals surface area contributed by atoms with Crippen LogP contribution in [-0.2, 0) is 6.54 Å². The van der Waals surface area contributed by atoms with Crippen molar-refractivity contribution in [3.05, 3.63) is 53.4 Å². The molecule has 0 unspecified atom stereocenters. The summed E-state index contributed by atoms with van der Waals surface area (Å²) < 4.78 is 29.2. The van der Waals surface area contributed by atoms with Crippen molar-refractivity contribution >= 4 is 5.82 Å². The molecule has 2 aromatic rings. The van der Waals surface area contributed by atoms with Crippen LogP contribution in [0, 0.1) is 17.0 Å². The van der Waals surface area contributed by atoms with E-state index in [4.69, 9.17) is 5.73 Å². The Balaban J connectivity index is 1.53. The fourth-order valence-electron chi connectivity index (χ4n) is 4.12. The zero-order chi connectivity index (χ0) is 18.1. The van der Waals surface area contributed by atoms with E-state index in [1.165, 1.54) is 47.8 Å². The van der Waals surface area contributed by atoms with E-state index in [1.807, 2.05) is 0 Å². The van der Waals surface area contributed by atoms with E-state index in [0.29, 0.717) is 12.4 Å². The van der Waals surface area contributed by atoms with Gasteiger partial charge in [-0.15, -0.1) is 5.10 Å². The lowest BCUT2D eigenvalue weighted by Crippen LogP contribution is -2.47. The van der Waals surface area contributed by atoms with Crippen molar-refractivity contribution in [1.29, 1.82) is 0 Å². The van der Waals surface area contributed by atoms with Gasteiger partial charge in [0.15, 0.2) is 5.82 Å². The van der Waals surface area contributed by atoms with Crippen molar-refractivity contribution in [3.8, 4) is 0 Å². The lowest BCUT2D eigenvalue weighted by atomic mass is 9.69. The van der Waals surface area contributed by atoms with Crippen LogP contribution in [0.1, 0.15) is 37.7 Å². The Morgan fingerprint density at radius 2 is 1.85 bits per heavy atom. The number of anilines is 1. The lowest BCUT2D eigenvalue weighted by molar-refractivity contribution is 0.237. The van der Waals surface area contributed by atoms with E-state index in [9.17, 15) is 8.78 Å². The molecule has 1 fully saturated rings. The van der Waals surface area contributed by atoms with Crippen molar-refractivity contribution < 1.29 is 8.78 Å². The van der Waals surface area contributed by atoms with Crippen LogP contribution in [0.4, 0.5) is 14.6 Å². The third kappa shape index (κ3) is 2.90. The first-order valence-corrected chi connectivity index (χ1v) is 9.14. The second-order valence-corrected chi connectivity index (χ2v) is 7.22. The number of nitrogens with two attached hydrogens (primary N) is 1. The molecule has 26 heavy (non-hydrogen) atoms. The maximum absolute atomic E-state index is 13.8. The minimum absolute atomic E-state index is 0.00552. The number of benzene rings is 1. The van der Waals surface area contributed by atoms with E-state index in [0.717, 1.165) is 19.4 Å². The second kappa shape index (κ2) is 6.79. The molecule has 1 aromatic heterocycles. The van der Waals surface area contributed by atoms with Crippen molar-refractivity contribution in [1.82, 2.24) is 15.0 Å². The Morgan fingerprint density at radius 1 is 1.12 bits per heavy atom. The summed E-state index contributed by atoms with van der Waals surface area (Å²) in [7, 11) is 0. The Morgan fingerprint density at radius 3 is 2.46 bits per heavy atom. The molecule has 5 nitrogen and oxygen atoms in total. The highest BCUT2D eigenvalue weighted by Gasteiger charge is 2.41. The van der Waals surface area contributed by atoms with Crippen molar-refractivity contribution in [2.75, 3.05) is 18.0 Å². The summed E-state index contributed by atoms with van der Waals surface area (Å²) in [5.74, 6) is -0.440. The highest BCUT2D eigenvalue weighted by atomic mass is 19.1. The average Bonchev–Trinajstić information content (AvgIpc) is 3.06. The molecule has 2 N–H and O–H groups in total. The maximum atomic E-state index is 13.8. The standard InChI is InChI=1S/C19H23F2N5/c20-15-5-4-6-16(21)14(15)11-25-12-18(23-24-25)26-10-7-17(26)19(13-22)8-2-1-3-9-19/h4-7,12H,1-3,8-11,13,22H2. The summed E-state index contributed by atoms with van der Waals surface area (Å²) in [5.41, 5.74) is 7.38. The molecule has 0 radical (unpaired) electrons. The van der Waals surface area contributed by atoms with E-state index in [-0.39, 0.29) is 17.5 Å². The van der Waals surface area contributed by atoms with Gasteiger partial charge < -0.3 is 10.6 Å². The molecule has 138 valence electrons. The van der Waals surface area contributed by atoms with E-state index in [1.54, 1.807) is 6.20 Å². The molecule has 1 aliphatic carbocycles. The van der Waals surface area contributed by atoms with Crippen LogP contribution < -0.4 is 10.6 Å². The van der Waals surface area contributed by atoms with Gasteiger partial charge in [0.05, 0.1) is 12.7 Å². The van der Waals surface area contributed by atoms with Gasteiger partial charge in [0, 0.05) is 29.8 Å². The van der Waals surface area contributed by atoms with Crippen molar-refractivity contribution in [3.63, 3.8) is 0 Å². The molecule has 0 spiro atoms. The maximum Gasteiger partial charge on any atom is 0.175 e. The fraction of sp³-hybridized carbons (Fsp3) is 0.474. The van der Waals surface area contributed by atoms with Gasteiger partial charge in [0.1, 0.15) is 11.6 Å². The molecule has 1 aromatic carbocycles. The zero-order valence-electron chi connectivity index (χ0n) is 14.7. The molecule has 0 amide bonds. The van der Waals surface area contributed by atoms with Gasteiger partial charge in [0.2, 0.25) is 0 Å². The molecule has 1 aliphatic heterocycles. The van der Waals surface area contributed by atoms with Crippen molar-refractivity contribution in [2.24, 2.45) is 11.1 Å². The Hall–Kier alpha value is -2.28. The van der Waals surface area contributed by atoms with Gasteiger partial charge in [-0.1, -0.05) is 30.5 Å². The number of rotatable bonds is 5. The van der Waals surface area contributed by atoms with Gasteiger partial charge >= 0.3 is 0 Å². The Kier molecular flexibility index (Phi) is 4.48. The first kappa shape index (κ1) is 17.1. The number of hydrogen-bond donors (Lipinski definition) is 1. The third-order valence-electron chi connectivity index (χ3n) is 5.69. The minimum atomic E-state index is -0.573. The Labute approximate surface area is 151 Å². The van der Waals surface area contributed by atoms with Crippen molar-refractivity contribution in [2.45, 2.75) is 38.6 Å². The van der Waals surface area contributed by atoms with Crippen LogP contribution in [0.25, 0.3) is 0 Å². The van der Waals surface area contributed by atoms with Gasteiger partial charge in [-0.25, -0.2) is 13.5 Å². The summed E-state index contributed by atoms with van der Waals surface area (Å²) in [6.45, 7) is 1.41. The van der Waals surface area contributed by atoms with Gasteiger partial charge in [0.25, 0.3) is 0 Å². The molecule has 7 heteroatoms. The summed E-state index contributed by atoms with van der Waals surface area (Å²) in [4.78, 5) is 2.12. The smallest absolute Gasteiger partial charge is 0.175 e. The predicted molar refractivity (Wildman–Crippen MR) is 95.5 cm³/mol. The van der Waals surface area contributed by atoms with Crippen LogP contribution >= 0.6 is 0 Å². The first-order chi connectivity index (χ1) is 12.6. The topological polar surface area (TPSA) is 60.0 Å². The van der Waals surface area contributed by atoms with Crippen LogP contribution in [0.3, 0.4) is 0 Å². The molecule has 4 rings (SSSR count). The molecule has 1 saturated carbocycles. The molecular formula is C19H23F2N5. The fourth-order valence-corrected chi connectivity index (χ4v) is 4.12. The largest absolute Gasteiger partial charge is 0.330 e. The van der Waals surface area contributed by atoms with Gasteiger partial charge in [-0.05, 0) is 31.1 Å². The number of halogens is 2. The first-order valence-electron chi connectivity index (χ1n) is 9.14. The van der Waals surface area contributed by atoms with Crippen LogP contribution in [0.5, 0.6) is 0 Å². The average molecular weight is 359 g/mol. The van der Waals surface area contributed by atoms with Gasteiger partial charge in [-0.2, -0.15) is 0 Å². The summed E-state index contributed by atoms with van der Waals surface area (Å²) in [6, 6.07) is 3.86. The normalized spacial score (nSPS) is 19.2. The predicted octanol–water partition coefficient (Wildman–Crippen LogP) is 3.22. The molecule has 2 aliphatic rings. The minimum Gasteiger partial charge on any atom is -0.330 e. The van der Waals surface area contributed by atoms with Crippen LogP contribution in [0.15, 0.2) is 36.2 Å². The number of hydrogen-bond acceptors (Lipinski definition) is 4. The highest BCUT2D eigenvalue weighted by molar-refractivity contribution is 5.53. The summed E-state index contributed by atoms with van der Waals surface area (Å²) in [5, 5.41) is 8.27. The quantitative estimate of drug-likeness (QED) is 0.890. The molecule has 0 atom stereocenters. The zero-order valence-corrected chi connectivity index (χ0v) is 14.7. The molecule has 0 bridgehead atoms. The lowest BCUT2D eigenvalue weighted by Gasteiger charge is -2.47. The molecule has 0 saturated heterocycles. The molecular weight excluding hydrogens is 336 g/mol. The third-order valence-corrected chi connectivity index (χ3v) is 5.69. The van der Waals surface area contributed by atoms with Gasteiger partial charge in [-0.3, -0.25) is 0 Å². The summed E-state index contributed by atoms with van der Waals surface area (Å²) >= 11 is 0. The van der Waals surface area contributed by atoms with Crippen LogP contribution in [-0.4, -0.2) is 28.1 Å². The van der Waals surface area contributed by atoms with E-state index >= 15 is 0 Å². The summed E-state index contributed by atoms with van der Waals surface area (Å²) in [6.07, 6.45) is 9.81. The second-order valence-electron chi connectivity index (χ2n) is 7.22. The SMILES string of the molecule is NCC1(C2=CCN2c2cn(Cc3c(F)cccc3F)nn2)CCCCC1.